The molecule has 18 heavy (non-hydrogen) atoms. The summed E-state index contributed by atoms with van der Waals surface area (Å²) in [6.45, 7) is 1.85. The third-order valence-corrected chi connectivity index (χ3v) is 3.36. The summed E-state index contributed by atoms with van der Waals surface area (Å²) in [5.74, 6) is -1.81. The van der Waals surface area contributed by atoms with Crippen molar-refractivity contribution in [1.82, 2.24) is 9.55 Å². The van der Waals surface area contributed by atoms with Crippen molar-refractivity contribution in [1.29, 1.82) is 0 Å². The van der Waals surface area contributed by atoms with Crippen LogP contribution in [0.3, 0.4) is 0 Å². The van der Waals surface area contributed by atoms with Gasteiger partial charge in [0.15, 0.2) is 6.10 Å². The maximum atomic E-state index is 11.9. The van der Waals surface area contributed by atoms with Crippen LogP contribution < -0.4 is 0 Å². The van der Waals surface area contributed by atoms with E-state index in [2.05, 4.69) is 4.98 Å². The molecule has 2 unspecified atom stereocenters. The number of methoxy groups -OCH3 is 1. The third-order valence-electron chi connectivity index (χ3n) is 3.36. The Morgan fingerprint density at radius 1 is 1.61 bits per heavy atom. The fourth-order valence-corrected chi connectivity index (χ4v) is 2.37. The number of rotatable bonds is 3. The Labute approximate surface area is 105 Å². The number of carbonyl (C=O) groups is 2. The summed E-state index contributed by atoms with van der Waals surface area (Å²) in [5, 5.41) is 0. The first-order valence-electron chi connectivity index (χ1n) is 5.84. The standard InChI is InChI=1S/C12H16N2O4/c1-4-7-9(12(16)17-3)10(18-11(7)15)8-5-13-6-14(8)2/h5-7,9-10H,4H2,1-3H3/t7-,9?,10?/m0/s1. The lowest BCUT2D eigenvalue weighted by Crippen LogP contribution is -2.27. The van der Waals surface area contributed by atoms with Crippen LogP contribution in [-0.4, -0.2) is 28.6 Å². The summed E-state index contributed by atoms with van der Waals surface area (Å²) in [7, 11) is 3.11. The molecule has 1 aliphatic rings. The fourth-order valence-electron chi connectivity index (χ4n) is 2.37. The van der Waals surface area contributed by atoms with Crippen molar-refractivity contribution in [2.75, 3.05) is 7.11 Å². The molecular weight excluding hydrogens is 236 g/mol. The van der Waals surface area contributed by atoms with Crippen LogP contribution in [0.4, 0.5) is 0 Å². The highest BCUT2D eigenvalue weighted by Gasteiger charge is 2.50. The Kier molecular flexibility index (Phi) is 3.36. The summed E-state index contributed by atoms with van der Waals surface area (Å²) in [6, 6.07) is 0. The molecule has 0 saturated carbocycles. The van der Waals surface area contributed by atoms with Crippen LogP contribution in [0, 0.1) is 11.8 Å². The zero-order valence-corrected chi connectivity index (χ0v) is 10.6. The minimum Gasteiger partial charge on any atom is -0.469 e. The topological polar surface area (TPSA) is 70.4 Å². The molecule has 1 aromatic rings. The highest BCUT2D eigenvalue weighted by Crippen LogP contribution is 2.41. The van der Waals surface area contributed by atoms with Crippen LogP contribution in [0.25, 0.3) is 0 Å². The van der Waals surface area contributed by atoms with Crippen molar-refractivity contribution < 1.29 is 19.1 Å². The lowest BCUT2D eigenvalue weighted by atomic mass is 9.87. The van der Waals surface area contributed by atoms with E-state index in [0.29, 0.717) is 12.1 Å². The Morgan fingerprint density at radius 2 is 2.33 bits per heavy atom. The first-order valence-corrected chi connectivity index (χ1v) is 5.84. The van der Waals surface area contributed by atoms with E-state index in [1.807, 2.05) is 6.92 Å². The smallest absolute Gasteiger partial charge is 0.313 e. The molecule has 1 aliphatic heterocycles. The number of ether oxygens (including phenoxy) is 2. The van der Waals surface area contributed by atoms with Gasteiger partial charge >= 0.3 is 11.9 Å². The van der Waals surface area contributed by atoms with E-state index < -0.39 is 23.9 Å². The number of imidazole rings is 1. The van der Waals surface area contributed by atoms with E-state index in [0.717, 1.165) is 0 Å². The van der Waals surface area contributed by atoms with Crippen LogP contribution in [0.5, 0.6) is 0 Å². The average Bonchev–Trinajstić information content (AvgIpc) is 2.91. The second-order valence-electron chi connectivity index (χ2n) is 4.35. The SMILES string of the molecule is CC[C@@H]1C(=O)OC(c2cncn2C)C1C(=O)OC. The van der Waals surface area contributed by atoms with E-state index in [9.17, 15) is 9.59 Å². The molecule has 0 spiro atoms. The summed E-state index contributed by atoms with van der Waals surface area (Å²) < 4.78 is 11.8. The summed E-state index contributed by atoms with van der Waals surface area (Å²) >= 11 is 0. The number of esters is 2. The van der Waals surface area contributed by atoms with E-state index in [1.54, 1.807) is 24.1 Å². The van der Waals surface area contributed by atoms with Gasteiger partial charge in [0.25, 0.3) is 0 Å². The van der Waals surface area contributed by atoms with Gasteiger partial charge in [-0.1, -0.05) is 6.92 Å². The second-order valence-corrected chi connectivity index (χ2v) is 4.35. The van der Waals surface area contributed by atoms with Crippen molar-refractivity contribution in [3.05, 3.63) is 18.2 Å². The summed E-state index contributed by atoms with van der Waals surface area (Å²) in [5.41, 5.74) is 0.703. The summed E-state index contributed by atoms with van der Waals surface area (Å²) in [4.78, 5) is 27.6. The largest absolute Gasteiger partial charge is 0.469 e. The van der Waals surface area contributed by atoms with Gasteiger partial charge in [0.1, 0.15) is 5.92 Å². The van der Waals surface area contributed by atoms with E-state index >= 15 is 0 Å². The van der Waals surface area contributed by atoms with Crippen LogP contribution >= 0.6 is 0 Å². The molecule has 0 radical (unpaired) electrons. The monoisotopic (exact) mass is 252 g/mol. The molecule has 3 atom stereocenters. The second kappa shape index (κ2) is 4.80. The van der Waals surface area contributed by atoms with Crippen LogP contribution in [-0.2, 0) is 26.1 Å². The van der Waals surface area contributed by atoms with Gasteiger partial charge in [0.2, 0.25) is 0 Å². The highest BCUT2D eigenvalue weighted by molar-refractivity contribution is 5.85. The third kappa shape index (κ3) is 1.87. The van der Waals surface area contributed by atoms with Gasteiger partial charge in [-0.15, -0.1) is 0 Å². The lowest BCUT2D eigenvalue weighted by molar-refractivity contribution is -0.148. The number of hydrogen-bond acceptors (Lipinski definition) is 5. The Balaban J connectivity index is 2.37. The molecule has 98 valence electrons. The number of aromatic nitrogens is 2. The van der Waals surface area contributed by atoms with Gasteiger partial charge in [0, 0.05) is 7.05 Å². The van der Waals surface area contributed by atoms with Crippen LogP contribution in [0.1, 0.15) is 25.1 Å². The number of carbonyl (C=O) groups excluding carboxylic acids is 2. The van der Waals surface area contributed by atoms with Gasteiger partial charge in [-0.05, 0) is 6.42 Å². The number of cyclic esters (lactones) is 1. The molecule has 0 aromatic carbocycles. The van der Waals surface area contributed by atoms with E-state index in [4.69, 9.17) is 9.47 Å². The molecular formula is C12H16N2O4. The molecule has 0 N–H and O–H groups in total. The van der Waals surface area contributed by atoms with Gasteiger partial charge in [0.05, 0.1) is 31.2 Å². The predicted octanol–water partition coefficient (Wildman–Crippen LogP) is 0.833. The first-order chi connectivity index (χ1) is 8.60. The van der Waals surface area contributed by atoms with E-state index in [-0.39, 0.29) is 5.97 Å². The molecule has 6 heteroatoms. The van der Waals surface area contributed by atoms with Crippen LogP contribution in [0.2, 0.25) is 0 Å². The van der Waals surface area contributed by atoms with Gasteiger partial charge in [-0.25, -0.2) is 4.98 Å². The quantitative estimate of drug-likeness (QED) is 0.745. The average molecular weight is 252 g/mol. The molecule has 2 heterocycles. The zero-order valence-electron chi connectivity index (χ0n) is 10.6. The fraction of sp³-hybridized carbons (Fsp3) is 0.583. The molecule has 0 bridgehead atoms. The molecule has 2 rings (SSSR count). The van der Waals surface area contributed by atoms with Crippen molar-refractivity contribution >= 4 is 11.9 Å². The highest BCUT2D eigenvalue weighted by atomic mass is 16.6. The lowest BCUT2D eigenvalue weighted by Gasteiger charge is -2.18. The Hall–Kier alpha value is -1.85. The molecule has 1 saturated heterocycles. The summed E-state index contributed by atoms with van der Waals surface area (Å²) in [6.07, 6.45) is 3.15. The number of hydrogen-bond donors (Lipinski definition) is 0. The minimum atomic E-state index is -0.609. The molecule has 1 fully saturated rings. The van der Waals surface area contributed by atoms with Gasteiger partial charge in [-0.3, -0.25) is 9.59 Å². The van der Waals surface area contributed by atoms with Gasteiger partial charge < -0.3 is 14.0 Å². The predicted molar refractivity (Wildman–Crippen MR) is 61.3 cm³/mol. The van der Waals surface area contributed by atoms with Crippen molar-refractivity contribution in [2.45, 2.75) is 19.4 Å². The maximum absolute atomic E-state index is 11.9. The van der Waals surface area contributed by atoms with Crippen molar-refractivity contribution in [2.24, 2.45) is 18.9 Å². The van der Waals surface area contributed by atoms with Crippen molar-refractivity contribution in [3.63, 3.8) is 0 Å². The van der Waals surface area contributed by atoms with Crippen LogP contribution in [0.15, 0.2) is 12.5 Å². The maximum Gasteiger partial charge on any atom is 0.313 e. The molecule has 0 aliphatic carbocycles. The molecule has 0 amide bonds. The molecule has 1 aromatic heterocycles. The zero-order chi connectivity index (χ0) is 13.3. The number of aryl methyl sites for hydroxylation is 1. The first kappa shape index (κ1) is 12.6. The Bertz CT molecular complexity index is 468. The Morgan fingerprint density at radius 3 is 2.83 bits per heavy atom. The minimum absolute atomic E-state index is 0.348. The van der Waals surface area contributed by atoms with E-state index in [1.165, 1.54) is 7.11 Å². The normalized spacial score (nSPS) is 27.1. The van der Waals surface area contributed by atoms with Crippen molar-refractivity contribution in [3.8, 4) is 0 Å². The number of nitrogens with zero attached hydrogens (tertiary/aromatic N) is 2. The van der Waals surface area contributed by atoms with Gasteiger partial charge in [-0.2, -0.15) is 0 Å². The molecule has 6 nitrogen and oxygen atoms in total.